The van der Waals surface area contributed by atoms with E-state index in [1.807, 2.05) is 0 Å². The van der Waals surface area contributed by atoms with Crippen LogP contribution in [0.5, 0.6) is 0 Å². The van der Waals surface area contributed by atoms with Crippen LogP contribution in [-0.4, -0.2) is 37.5 Å². The number of nitrogens with two attached hydrogens (primary N) is 1. The highest BCUT2D eigenvalue weighted by molar-refractivity contribution is 6.64. The molecule has 0 aromatic carbocycles. The van der Waals surface area contributed by atoms with Gasteiger partial charge in [-0.1, -0.05) is 0 Å². The van der Waals surface area contributed by atoms with Crippen molar-refractivity contribution in [3.63, 3.8) is 0 Å². The molecule has 0 aliphatic carbocycles. The van der Waals surface area contributed by atoms with Gasteiger partial charge in [-0.25, -0.2) is 0 Å². The van der Waals surface area contributed by atoms with E-state index in [2.05, 4.69) is 4.81 Å². The third kappa shape index (κ3) is 1.80. The summed E-state index contributed by atoms with van der Waals surface area (Å²) in [5, 5.41) is 0. The lowest BCUT2D eigenvalue weighted by Crippen LogP contribution is -2.30. The third-order valence-corrected chi connectivity index (χ3v) is 1.64. The fraction of sp³-hybridized carbons (Fsp3) is 0.800. The van der Waals surface area contributed by atoms with Crippen molar-refractivity contribution in [3.05, 3.63) is 0 Å². The Morgan fingerprint density at radius 2 is 2.56 bits per heavy atom. The lowest BCUT2D eigenvalue weighted by atomic mass is 9.96. The maximum atomic E-state index is 9.99. The van der Waals surface area contributed by atoms with E-state index in [0.29, 0.717) is 13.5 Å². The molecule has 1 saturated heterocycles. The van der Waals surface area contributed by atoms with Crippen LogP contribution in [0, 0.1) is 0 Å². The van der Waals surface area contributed by atoms with Crippen molar-refractivity contribution in [2.24, 2.45) is 5.73 Å². The summed E-state index contributed by atoms with van der Waals surface area (Å²) < 4.78 is 0. The molecule has 1 atom stereocenters. The van der Waals surface area contributed by atoms with Crippen molar-refractivity contribution in [1.82, 2.24) is 4.81 Å². The average molecular weight is 126 g/mol. The molecule has 0 spiro atoms. The molecule has 50 valence electrons. The quantitative estimate of drug-likeness (QED) is 0.364. The van der Waals surface area contributed by atoms with Crippen molar-refractivity contribution in [3.8, 4) is 0 Å². The summed E-state index contributed by atoms with van der Waals surface area (Å²) >= 11 is 0. The molecule has 9 heavy (non-hydrogen) atoms. The summed E-state index contributed by atoms with van der Waals surface area (Å²) in [7, 11) is 0.549. The number of hydrogen-bond donors (Lipinski definition) is 1. The van der Waals surface area contributed by atoms with E-state index in [9.17, 15) is 4.79 Å². The van der Waals surface area contributed by atoms with E-state index < -0.39 is 0 Å². The van der Waals surface area contributed by atoms with Crippen LogP contribution in [0.25, 0.3) is 0 Å². The molecule has 0 aromatic heterocycles. The SMILES string of the molecule is N[C@H]1CCN(BC=O)C1. The van der Waals surface area contributed by atoms with Crippen molar-refractivity contribution in [2.75, 3.05) is 13.1 Å². The zero-order chi connectivity index (χ0) is 6.69. The molecule has 3 nitrogen and oxygen atoms in total. The lowest BCUT2D eigenvalue weighted by molar-refractivity contribution is 0.533. The average Bonchev–Trinajstić information content (AvgIpc) is 2.17. The number of hydrogen-bond acceptors (Lipinski definition) is 3. The second kappa shape index (κ2) is 2.99. The largest absolute Gasteiger partial charge is 0.337 e. The van der Waals surface area contributed by atoms with Crippen LogP contribution >= 0.6 is 0 Å². The second-order valence-electron chi connectivity index (χ2n) is 2.47. The Balaban J connectivity index is 2.21. The van der Waals surface area contributed by atoms with Gasteiger partial charge >= 0.3 is 0 Å². The number of carbonyl (C=O) groups excluding carboxylic acids is 1. The van der Waals surface area contributed by atoms with Gasteiger partial charge in [0.1, 0.15) is 0 Å². The van der Waals surface area contributed by atoms with Gasteiger partial charge in [-0.2, -0.15) is 0 Å². The molecule has 1 heterocycles. The molecular weight excluding hydrogens is 115 g/mol. The molecule has 0 unspecified atom stereocenters. The van der Waals surface area contributed by atoms with E-state index in [1.165, 1.54) is 0 Å². The Morgan fingerprint density at radius 3 is 3.00 bits per heavy atom. The topological polar surface area (TPSA) is 46.3 Å². The molecule has 1 aliphatic heterocycles. The minimum atomic E-state index is 0.296. The highest BCUT2D eigenvalue weighted by atomic mass is 16.1. The molecule has 4 heteroatoms. The van der Waals surface area contributed by atoms with Gasteiger partial charge in [0.15, 0.2) is 0 Å². The van der Waals surface area contributed by atoms with E-state index in [-0.39, 0.29) is 0 Å². The lowest BCUT2D eigenvalue weighted by Gasteiger charge is -2.07. The molecule has 0 saturated carbocycles. The molecule has 0 radical (unpaired) electrons. The fourth-order valence-electron chi connectivity index (χ4n) is 1.13. The zero-order valence-electron chi connectivity index (χ0n) is 5.42. The Labute approximate surface area is 55.5 Å². The van der Waals surface area contributed by atoms with Crippen molar-refractivity contribution in [1.29, 1.82) is 0 Å². The summed E-state index contributed by atoms with van der Waals surface area (Å²) in [5.74, 6) is 0. The number of nitrogens with zero attached hydrogens (tertiary/aromatic N) is 1. The van der Waals surface area contributed by atoms with Crippen LogP contribution in [-0.2, 0) is 4.79 Å². The molecule has 0 amide bonds. The predicted molar refractivity (Wildman–Crippen MR) is 38.1 cm³/mol. The highest BCUT2D eigenvalue weighted by Gasteiger charge is 2.18. The second-order valence-corrected chi connectivity index (χ2v) is 2.47. The molecule has 1 aliphatic rings. The Hall–Kier alpha value is -0.345. The first-order valence-electron chi connectivity index (χ1n) is 3.24. The fourth-order valence-corrected chi connectivity index (χ4v) is 1.13. The van der Waals surface area contributed by atoms with Gasteiger partial charge in [0.2, 0.25) is 0 Å². The summed E-state index contributed by atoms with van der Waals surface area (Å²) in [6, 6.07) is 0.296. The minimum Gasteiger partial charge on any atom is -0.337 e. The van der Waals surface area contributed by atoms with E-state index in [0.717, 1.165) is 25.7 Å². The Bertz CT molecular complexity index is 109. The van der Waals surface area contributed by atoms with Gasteiger partial charge in [-0.05, 0) is 13.0 Å². The van der Waals surface area contributed by atoms with Crippen molar-refractivity contribution in [2.45, 2.75) is 12.5 Å². The standard InChI is InChI=1S/C5H11BN2O/c7-5-1-2-8(3-5)6-4-9/h4-6H,1-3,7H2/t5-/m0/s1. The maximum Gasteiger partial charge on any atom is 0.281 e. The molecule has 0 aromatic rings. The van der Waals surface area contributed by atoms with Crippen LogP contribution in [0.4, 0.5) is 0 Å². The zero-order valence-corrected chi connectivity index (χ0v) is 5.42. The normalized spacial score (nSPS) is 28.3. The highest BCUT2D eigenvalue weighted by Crippen LogP contribution is 2.03. The first kappa shape index (κ1) is 6.77. The summed E-state index contributed by atoms with van der Waals surface area (Å²) in [4.78, 5) is 12.1. The maximum absolute atomic E-state index is 9.99. The smallest absolute Gasteiger partial charge is 0.281 e. The minimum absolute atomic E-state index is 0.296. The van der Waals surface area contributed by atoms with Crippen molar-refractivity contribution < 1.29 is 4.79 Å². The predicted octanol–water partition coefficient (Wildman–Crippen LogP) is -1.44. The number of carbonyl (C=O) groups is 1. The first-order valence-corrected chi connectivity index (χ1v) is 3.24. The molecular formula is C5H11BN2O. The van der Waals surface area contributed by atoms with E-state index >= 15 is 0 Å². The van der Waals surface area contributed by atoms with Gasteiger partial charge in [0, 0.05) is 12.6 Å². The molecule has 1 fully saturated rings. The van der Waals surface area contributed by atoms with Crippen LogP contribution in [0.2, 0.25) is 0 Å². The van der Waals surface area contributed by atoms with Gasteiger partial charge in [0.05, 0.1) is 6.19 Å². The summed E-state index contributed by atoms with van der Waals surface area (Å²) in [6.07, 6.45) is 1.96. The number of rotatable bonds is 2. The van der Waals surface area contributed by atoms with Gasteiger partial charge in [-0.3, -0.25) is 0 Å². The molecule has 0 bridgehead atoms. The van der Waals surface area contributed by atoms with Gasteiger partial charge in [0.25, 0.3) is 7.41 Å². The van der Waals surface area contributed by atoms with Crippen molar-refractivity contribution >= 4 is 13.6 Å². The first-order chi connectivity index (χ1) is 4.33. The monoisotopic (exact) mass is 126 g/mol. The third-order valence-electron chi connectivity index (χ3n) is 1.64. The molecule has 2 N–H and O–H groups in total. The Kier molecular flexibility index (Phi) is 2.25. The van der Waals surface area contributed by atoms with Crippen LogP contribution in [0.15, 0.2) is 0 Å². The Morgan fingerprint density at radius 1 is 1.78 bits per heavy atom. The summed E-state index contributed by atoms with van der Waals surface area (Å²) in [5.41, 5.74) is 5.60. The van der Waals surface area contributed by atoms with Crippen LogP contribution < -0.4 is 5.73 Å². The van der Waals surface area contributed by atoms with Gasteiger partial charge < -0.3 is 15.3 Å². The van der Waals surface area contributed by atoms with E-state index in [1.54, 1.807) is 0 Å². The van der Waals surface area contributed by atoms with Crippen LogP contribution in [0.1, 0.15) is 6.42 Å². The van der Waals surface area contributed by atoms with Crippen LogP contribution in [0.3, 0.4) is 0 Å². The molecule has 1 rings (SSSR count). The van der Waals surface area contributed by atoms with Gasteiger partial charge in [-0.15, -0.1) is 0 Å². The van der Waals surface area contributed by atoms with E-state index in [4.69, 9.17) is 5.73 Å². The summed E-state index contributed by atoms with van der Waals surface area (Å²) in [6.45, 7) is 1.87.